The molecule has 0 unspecified atom stereocenters. The van der Waals surface area contributed by atoms with E-state index >= 15 is 0 Å². The van der Waals surface area contributed by atoms with Crippen molar-refractivity contribution in [3.05, 3.63) is 212 Å². The van der Waals surface area contributed by atoms with Crippen molar-refractivity contribution in [2.75, 3.05) is 0 Å². The lowest BCUT2D eigenvalue weighted by molar-refractivity contribution is 1.08. The number of nitrogens with zero attached hydrogens (tertiary/aromatic N) is 5. The van der Waals surface area contributed by atoms with E-state index in [4.69, 9.17) is 15.0 Å². The molecule has 0 saturated heterocycles. The minimum Gasteiger partial charge on any atom is -0.309 e. The topological polar surface area (TPSA) is 48.5 Å². The summed E-state index contributed by atoms with van der Waals surface area (Å²) >= 11 is 0. The molecule has 0 atom stereocenters. The normalized spacial score (nSPS) is 11.7. The number of rotatable bonds is 6. The van der Waals surface area contributed by atoms with Crippen molar-refractivity contribution in [2.45, 2.75) is 0 Å². The largest absolute Gasteiger partial charge is 0.309 e. The van der Waals surface area contributed by atoms with Crippen molar-refractivity contribution in [3.8, 4) is 56.7 Å². The van der Waals surface area contributed by atoms with Crippen molar-refractivity contribution in [1.29, 1.82) is 0 Å². The summed E-state index contributed by atoms with van der Waals surface area (Å²) in [5.74, 6) is 1.90. The number of hydrogen-bond donors (Lipinski definition) is 0. The molecular formula is C55H35N5. The first-order valence-electron chi connectivity index (χ1n) is 20.3. The van der Waals surface area contributed by atoms with Gasteiger partial charge in [0.15, 0.2) is 17.5 Å². The van der Waals surface area contributed by atoms with Gasteiger partial charge in [-0.2, -0.15) is 0 Å². The lowest BCUT2D eigenvalue weighted by Gasteiger charge is -2.12. The first-order valence-corrected chi connectivity index (χ1v) is 20.3. The van der Waals surface area contributed by atoms with Crippen molar-refractivity contribution >= 4 is 54.4 Å². The molecule has 0 aliphatic rings. The van der Waals surface area contributed by atoms with Gasteiger partial charge in [-0.25, -0.2) is 15.0 Å². The Bertz CT molecular complexity index is 3580. The molecule has 5 heteroatoms. The van der Waals surface area contributed by atoms with Gasteiger partial charge in [0.1, 0.15) is 0 Å². The van der Waals surface area contributed by atoms with Gasteiger partial charge in [-0.15, -0.1) is 0 Å². The molecule has 0 aliphatic heterocycles. The Labute approximate surface area is 346 Å². The Morgan fingerprint density at radius 2 is 0.800 bits per heavy atom. The third kappa shape index (κ3) is 5.52. The first kappa shape index (κ1) is 33.9. The summed E-state index contributed by atoms with van der Waals surface area (Å²) in [5, 5.41) is 7.24. The van der Waals surface area contributed by atoms with Gasteiger partial charge in [0.25, 0.3) is 0 Å². The van der Waals surface area contributed by atoms with E-state index in [2.05, 4.69) is 203 Å². The number of hydrogen-bond acceptors (Lipinski definition) is 3. The highest BCUT2D eigenvalue weighted by molar-refractivity contribution is 6.16. The maximum absolute atomic E-state index is 5.23. The fraction of sp³-hybridized carbons (Fsp3) is 0. The van der Waals surface area contributed by atoms with Gasteiger partial charge in [-0.1, -0.05) is 158 Å². The van der Waals surface area contributed by atoms with E-state index in [1.807, 2.05) is 18.2 Å². The van der Waals surface area contributed by atoms with Crippen LogP contribution < -0.4 is 0 Å². The quantitative estimate of drug-likeness (QED) is 0.169. The third-order valence-corrected chi connectivity index (χ3v) is 11.7. The highest BCUT2D eigenvalue weighted by atomic mass is 15.0. The SMILES string of the molecule is c1ccc(-c2nc(-c3ccc(-c4cccc(-n5c6ccccc6c6cc7ccccc7cc65)c4)cc3)nc(-c3cccc4c3c3ccccc3n4-c3ccccc3)n2)cc1. The second-order valence-electron chi connectivity index (χ2n) is 15.3. The van der Waals surface area contributed by atoms with Gasteiger partial charge in [0.2, 0.25) is 0 Å². The highest BCUT2D eigenvalue weighted by Crippen LogP contribution is 2.39. The van der Waals surface area contributed by atoms with E-state index in [0.717, 1.165) is 61.0 Å². The van der Waals surface area contributed by atoms with E-state index in [-0.39, 0.29) is 0 Å². The zero-order valence-electron chi connectivity index (χ0n) is 32.4. The van der Waals surface area contributed by atoms with Crippen LogP contribution in [0.3, 0.4) is 0 Å². The molecule has 9 aromatic carbocycles. The Morgan fingerprint density at radius 3 is 1.57 bits per heavy atom. The van der Waals surface area contributed by atoms with Crippen molar-refractivity contribution in [3.63, 3.8) is 0 Å². The highest BCUT2D eigenvalue weighted by Gasteiger charge is 2.20. The van der Waals surface area contributed by atoms with Crippen molar-refractivity contribution in [1.82, 2.24) is 24.1 Å². The number of fused-ring (bicyclic) bond motifs is 7. The monoisotopic (exact) mass is 765 g/mol. The maximum atomic E-state index is 5.23. The zero-order valence-corrected chi connectivity index (χ0v) is 32.4. The summed E-state index contributed by atoms with van der Waals surface area (Å²) in [5.41, 5.74) is 11.9. The van der Waals surface area contributed by atoms with Gasteiger partial charge in [0.05, 0.1) is 22.1 Å². The summed E-state index contributed by atoms with van der Waals surface area (Å²) in [4.78, 5) is 15.5. The summed E-state index contributed by atoms with van der Waals surface area (Å²) in [6.07, 6.45) is 0. The lowest BCUT2D eigenvalue weighted by atomic mass is 10.0. The van der Waals surface area contributed by atoms with Gasteiger partial charge < -0.3 is 9.13 Å². The summed E-state index contributed by atoms with van der Waals surface area (Å²) in [6, 6.07) is 75.1. The summed E-state index contributed by atoms with van der Waals surface area (Å²) < 4.78 is 4.72. The van der Waals surface area contributed by atoms with Crippen LogP contribution in [0.15, 0.2) is 212 Å². The van der Waals surface area contributed by atoms with Gasteiger partial charge in [0, 0.05) is 49.6 Å². The Kier molecular flexibility index (Phi) is 7.78. The molecule has 0 saturated carbocycles. The average Bonchev–Trinajstić information content (AvgIpc) is 3.84. The second kappa shape index (κ2) is 13.8. The molecule has 3 heterocycles. The maximum Gasteiger partial charge on any atom is 0.164 e. The van der Waals surface area contributed by atoms with E-state index in [9.17, 15) is 0 Å². The third-order valence-electron chi connectivity index (χ3n) is 11.7. The molecule has 60 heavy (non-hydrogen) atoms. The Hall–Kier alpha value is -8.15. The van der Waals surface area contributed by atoms with E-state index in [0.29, 0.717) is 17.5 Å². The van der Waals surface area contributed by atoms with E-state index in [1.165, 1.54) is 32.6 Å². The van der Waals surface area contributed by atoms with Crippen LogP contribution in [-0.4, -0.2) is 24.1 Å². The molecule has 12 rings (SSSR count). The molecular weight excluding hydrogens is 731 g/mol. The lowest BCUT2D eigenvalue weighted by Crippen LogP contribution is -2.00. The molecule has 0 aliphatic carbocycles. The van der Waals surface area contributed by atoms with Crippen LogP contribution in [0.1, 0.15) is 0 Å². The van der Waals surface area contributed by atoms with Crippen molar-refractivity contribution in [2.24, 2.45) is 0 Å². The molecule has 5 nitrogen and oxygen atoms in total. The van der Waals surface area contributed by atoms with E-state index in [1.54, 1.807) is 0 Å². The van der Waals surface area contributed by atoms with Gasteiger partial charge in [-0.05, 0) is 76.5 Å². The molecule has 0 spiro atoms. The van der Waals surface area contributed by atoms with Crippen LogP contribution in [0.2, 0.25) is 0 Å². The summed E-state index contributed by atoms with van der Waals surface area (Å²) in [7, 11) is 0. The minimum atomic E-state index is 0.625. The Morgan fingerprint density at radius 1 is 0.283 bits per heavy atom. The van der Waals surface area contributed by atoms with Gasteiger partial charge >= 0.3 is 0 Å². The molecule has 0 bridgehead atoms. The second-order valence-corrected chi connectivity index (χ2v) is 15.3. The van der Waals surface area contributed by atoms with Crippen LogP contribution in [-0.2, 0) is 0 Å². The number of aromatic nitrogens is 5. The fourth-order valence-corrected chi connectivity index (χ4v) is 8.97. The zero-order chi connectivity index (χ0) is 39.6. The predicted molar refractivity (Wildman–Crippen MR) is 248 cm³/mol. The van der Waals surface area contributed by atoms with Crippen molar-refractivity contribution < 1.29 is 0 Å². The first-order chi connectivity index (χ1) is 29.7. The number of para-hydroxylation sites is 3. The smallest absolute Gasteiger partial charge is 0.164 e. The predicted octanol–water partition coefficient (Wildman–Crippen LogP) is 13.9. The molecule has 12 aromatic rings. The molecule has 3 aromatic heterocycles. The van der Waals surface area contributed by atoms with Crippen LogP contribution >= 0.6 is 0 Å². The standard InChI is InChI=1S/C55H35N5/c1-3-15-37(16-4-1)53-56-54(58-55(57-53)46-25-14-28-50-52(46)45-24-10-12-27-49(45)59(50)42-20-5-2-6-21-42)38-31-29-36(30-32-38)39-19-13-22-43(33-39)60-48-26-11-9-23-44(48)47-34-40-17-7-8-18-41(40)35-51(47)60/h1-35H. The number of benzene rings is 9. The summed E-state index contributed by atoms with van der Waals surface area (Å²) in [6.45, 7) is 0. The van der Waals surface area contributed by atoms with Crippen LogP contribution in [0.25, 0.3) is 111 Å². The fourth-order valence-electron chi connectivity index (χ4n) is 8.97. The van der Waals surface area contributed by atoms with Crippen LogP contribution in [0.5, 0.6) is 0 Å². The molecule has 280 valence electrons. The molecule has 0 N–H and O–H groups in total. The minimum absolute atomic E-state index is 0.625. The van der Waals surface area contributed by atoms with Crippen LogP contribution in [0.4, 0.5) is 0 Å². The van der Waals surface area contributed by atoms with Crippen LogP contribution in [0, 0.1) is 0 Å². The van der Waals surface area contributed by atoms with Gasteiger partial charge in [-0.3, -0.25) is 0 Å². The molecule has 0 fully saturated rings. The Balaban J connectivity index is 0.978. The molecule has 0 amide bonds. The van der Waals surface area contributed by atoms with E-state index < -0.39 is 0 Å². The average molecular weight is 766 g/mol. The molecule has 0 radical (unpaired) electrons.